The number of halogens is 1. The smallest absolute Gasteiger partial charge is 0.410 e. The Labute approximate surface area is 194 Å². The highest BCUT2D eigenvalue weighted by atomic mass is 35.5. The first-order chi connectivity index (χ1) is 15.1. The van der Waals surface area contributed by atoms with Crippen LogP contribution in [0.15, 0.2) is 36.4 Å². The summed E-state index contributed by atoms with van der Waals surface area (Å²) in [7, 11) is 1.49. The van der Waals surface area contributed by atoms with Gasteiger partial charge in [-0.2, -0.15) is 0 Å². The average molecular weight is 463 g/mol. The Hall–Kier alpha value is -2.93. The third-order valence-electron chi connectivity index (χ3n) is 4.44. The Morgan fingerprint density at radius 2 is 1.81 bits per heavy atom. The first-order valence-corrected chi connectivity index (χ1v) is 10.8. The van der Waals surface area contributed by atoms with Crippen LogP contribution in [0.4, 0.5) is 10.5 Å². The molecule has 32 heavy (non-hydrogen) atoms. The summed E-state index contributed by atoms with van der Waals surface area (Å²) >= 11 is 6.30. The zero-order valence-electron chi connectivity index (χ0n) is 19.5. The Morgan fingerprint density at radius 1 is 1.12 bits per heavy atom. The number of amides is 2. The van der Waals surface area contributed by atoms with Crippen LogP contribution in [0.2, 0.25) is 5.02 Å². The number of hydrogen-bond acceptors (Lipinski definition) is 5. The number of methoxy groups -OCH3 is 1. The quantitative estimate of drug-likeness (QED) is 0.540. The van der Waals surface area contributed by atoms with Gasteiger partial charge in [0.2, 0.25) is 0 Å². The number of rotatable bonds is 8. The standard InChI is InChI=1S/C24H31ClN2O5/c1-7-27(23(29)32-24(3,4)5)15-16-11-9-10-12-19(16)26-22(28)17-13-18(25)21(31-8-2)20(14-17)30-6/h9-14H,7-8,15H2,1-6H3,(H,26,28). The third-order valence-corrected chi connectivity index (χ3v) is 4.72. The summed E-state index contributed by atoms with van der Waals surface area (Å²) < 4.78 is 16.3. The predicted molar refractivity (Wildman–Crippen MR) is 126 cm³/mol. The van der Waals surface area contributed by atoms with E-state index in [-0.39, 0.29) is 17.5 Å². The van der Waals surface area contributed by atoms with Gasteiger partial charge in [0, 0.05) is 17.8 Å². The summed E-state index contributed by atoms with van der Waals surface area (Å²) in [5, 5.41) is 3.18. The van der Waals surface area contributed by atoms with Gasteiger partial charge in [-0.05, 0) is 58.4 Å². The molecule has 1 N–H and O–H groups in total. The van der Waals surface area contributed by atoms with Crippen molar-refractivity contribution >= 4 is 29.3 Å². The molecule has 0 fully saturated rings. The van der Waals surface area contributed by atoms with Crippen LogP contribution in [-0.2, 0) is 11.3 Å². The van der Waals surface area contributed by atoms with Crippen molar-refractivity contribution in [3.8, 4) is 11.5 Å². The molecule has 7 nitrogen and oxygen atoms in total. The number of anilines is 1. The molecular formula is C24H31ClN2O5. The van der Waals surface area contributed by atoms with Gasteiger partial charge >= 0.3 is 6.09 Å². The summed E-state index contributed by atoms with van der Waals surface area (Å²) in [6, 6.07) is 10.4. The normalized spacial score (nSPS) is 11.0. The van der Waals surface area contributed by atoms with Crippen LogP contribution in [0.25, 0.3) is 0 Å². The van der Waals surface area contributed by atoms with E-state index in [0.29, 0.717) is 35.9 Å². The number of carbonyl (C=O) groups excluding carboxylic acids is 2. The average Bonchev–Trinajstić information content (AvgIpc) is 2.72. The summed E-state index contributed by atoms with van der Waals surface area (Å²) in [4.78, 5) is 27.1. The maximum absolute atomic E-state index is 13.0. The number of ether oxygens (including phenoxy) is 3. The molecule has 0 aliphatic carbocycles. The minimum absolute atomic E-state index is 0.284. The van der Waals surface area contributed by atoms with Gasteiger partial charge in [0.25, 0.3) is 5.91 Å². The van der Waals surface area contributed by atoms with Crippen molar-refractivity contribution in [1.82, 2.24) is 4.90 Å². The van der Waals surface area contributed by atoms with Gasteiger partial charge < -0.3 is 24.4 Å². The van der Waals surface area contributed by atoms with Gasteiger partial charge in [0.05, 0.1) is 25.3 Å². The van der Waals surface area contributed by atoms with E-state index in [0.717, 1.165) is 5.56 Å². The van der Waals surface area contributed by atoms with Gasteiger partial charge in [-0.25, -0.2) is 4.79 Å². The van der Waals surface area contributed by atoms with Crippen LogP contribution in [0, 0.1) is 0 Å². The van der Waals surface area contributed by atoms with Crippen molar-refractivity contribution in [2.45, 2.75) is 46.8 Å². The second kappa shape index (κ2) is 11.1. The molecule has 2 rings (SSSR count). The van der Waals surface area contributed by atoms with E-state index in [2.05, 4.69) is 5.32 Å². The zero-order valence-corrected chi connectivity index (χ0v) is 20.2. The van der Waals surface area contributed by atoms with Crippen molar-refractivity contribution in [3.05, 3.63) is 52.5 Å². The topological polar surface area (TPSA) is 77.1 Å². The van der Waals surface area contributed by atoms with E-state index in [1.165, 1.54) is 13.2 Å². The van der Waals surface area contributed by atoms with Crippen LogP contribution in [0.5, 0.6) is 11.5 Å². The molecule has 2 aromatic rings. The van der Waals surface area contributed by atoms with Crippen LogP contribution in [-0.4, -0.2) is 42.8 Å². The van der Waals surface area contributed by atoms with Gasteiger partial charge in [-0.1, -0.05) is 29.8 Å². The minimum atomic E-state index is -0.593. The number of para-hydroxylation sites is 1. The van der Waals surface area contributed by atoms with E-state index < -0.39 is 11.7 Å². The highest BCUT2D eigenvalue weighted by Gasteiger charge is 2.22. The number of hydrogen-bond donors (Lipinski definition) is 1. The summed E-state index contributed by atoms with van der Waals surface area (Å²) in [5.41, 5.74) is 1.09. The van der Waals surface area contributed by atoms with Gasteiger partial charge in [0.1, 0.15) is 5.60 Å². The molecule has 2 amide bonds. The molecule has 2 aromatic carbocycles. The fraction of sp³-hybridized carbons (Fsp3) is 0.417. The molecule has 0 radical (unpaired) electrons. The van der Waals surface area contributed by atoms with E-state index in [1.807, 2.05) is 52.8 Å². The molecule has 0 atom stereocenters. The third kappa shape index (κ3) is 6.79. The SMILES string of the molecule is CCOc1c(Cl)cc(C(=O)Nc2ccccc2CN(CC)C(=O)OC(C)(C)C)cc1OC. The fourth-order valence-corrected chi connectivity index (χ4v) is 3.21. The molecular weight excluding hydrogens is 432 g/mol. The molecule has 8 heteroatoms. The second-order valence-electron chi connectivity index (χ2n) is 8.03. The van der Waals surface area contributed by atoms with Crippen molar-refractivity contribution in [3.63, 3.8) is 0 Å². The molecule has 174 valence electrons. The minimum Gasteiger partial charge on any atom is -0.493 e. The molecule has 0 spiro atoms. The van der Waals surface area contributed by atoms with E-state index in [9.17, 15) is 9.59 Å². The molecule has 0 aliphatic rings. The highest BCUT2D eigenvalue weighted by Crippen LogP contribution is 2.36. The molecule has 0 aliphatic heterocycles. The maximum Gasteiger partial charge on any atom is 0.410 e. The number of nitrogens with one attached hydrogen (secondary N) is 1. The number of benzene rings is 2. The van der Waals surface area contributed by atoms with Gasteiger partial charge in [-0.3, -0.25) is 4.79 Å². The Morgan fingerprint density at radius 3 is 2.41 bits per heavy atom. The number of nitrogens with zero attached hydrogens (tertiary/aromatic N) is 1. The molecule has 0 heterocycles. The van der Waals surface area contributed by atoms with Crippen LogP contribution < -0.4 is 14.8 Å². The molecule has 0 saturated carbocycles. The first kappa shape index (κ1) is 25.3. The number of carbonyl (C=O) groups is 2. The lowest BCUT2D eigenvalue weighted by Crippen LogP contribution is -2.36. The van der Waals surface area contributed by atoms with Crippen molar-refractivity contribution in [2.24, 2.45) is 0 Å². The molecule has 0 saturated heterocycles. The van der Waals surface area contributed by atoms with Crippen molar-refractivity contribution < 1.29 is 23.8 Å². The fourth-order valence-electron chi connectivity index (χ4n) is 2.95. The van der Waals surface area contributed by atoms with Crippen LogP contribution >= 0.6 is 11.6 Å². The Kier molecular flexibility index (Phi) is 8.78. The lowest BCUT2D eigenvalue weighted by molar-refractivity contribution is 0.0245. The van der Waals surface area contributed by atoms with Crippen LogP contribution in [0.3, 0.4) is 0 Å². The lowest BCUT2D eigenvalue weighted by atomic mass is 10.1. The lowest BCUT2D eigenvalue weighted by Gasteiger charge is -2.27. The molecule has 0 unspecified atom stereocenters. The first-order valence-electron chi connectivity index (χ1n) is 10.5. The summed E-state index contributed by atoms with van der Waals surface area (Å²) in [5.74, 6) is 0.408. The largest absolute Gasteiger partial charge is 0.493 e. The Bertz CT molecular complexity index is 956. The van der Waals surface area contributed by atoms with Gasteiger partial charge in [0.15, 0.2) is 11.5 Å². The summed E-state index contributed by atoms with van der Waals surface area (Å²) in [6.07, 6.45) is -0.413. The van der Waals surface area contributed by atoms with Crippen LogP contribution in [0.1, 0.15) is 50.5 Å². The second-order valence-corrected chi connectivity index (χ2v) is 8.44. The highest BCUT2D eigenvalue weighted by molar-refractivity contribution is 6.32. The van der Waals surface area contributed by atoms with Crippen molar-refractivity contribution in [1.29, 1.82) is 0 Å². The summed E-state index contributed by atoms with van der Waals surface area (Å²) in [6.45, 7) is 10.3. The molecule has 0 aromatic heterocycles. The van der Waals surface area contributed by atoms with Gasteiger partial charge in [-0.15, -0.1) is 0 Å². The Balaban J connectivity index is 2.25. The molecule has 0 bridgehead atoms. The van der Waals surface area contributed by atoms with Crippen molar-refractivity contribution in [2.75, 3.05) is 25.6 Å². The predicted octanol–water partition coefficient (Wildman–Crippen LogP) is 5.76. The zero-order chi connectivity index (χ0) is 23.9. The van der Waals surface area contributed by atoms with E-state index in [4.69, 9.17) is 25.8 Å². The maximum atomic E-state index is 13.0. The van der Waals surface area contributed by atoms with E-state index >= 15 is 0 Å². The monoisotopic (exact) mass is 462 g/mol. The van der Waals surface area contributed by atoms with E-state index in [1.54, 1.807) is 17.0 Å².